The molecule has 78 valence electrons. The van der Waals surface area contributed by atoms with Gasteiger partial charge in [0.15, 0.2) is 0 Å². The molecule has 0 saturated heterocycles. The second-order valence-corrected chi connectivity index (χ2v) is 4.07. The minimum absolute atomic E-state index is 0.299. The molecular weight excluding hydrogens is 235 g/mol. The molecule has 0 aromatic heterocycles. The van der Waals surface area contributed by atoms with E-state index in [-0.39, 0.29) is 12.1 Å². The van der Waals surface area contributed by atoms with Crippen LogP contribution in [-0.4, -0.2) is 5.97 Å². The molecule has 2 nitrogen and oxygen atoms in total. The van der Waals surface area contributed by atoms with E-state index in [1.807, 2.05) is 0 Å². The van der Waals surface area contributed by atoms with Crippen molar-refractivity contribution < 1.29 is 9.53 Å². The van der Waals surface area contributed by atoms with Gasteiger partial charge < -0.3 is 4.74 Å². The quantitative estimate of drug-likeness (QED) is 0.705. The fraction of sp³-hybridized carbons (Fsp3) is 0.182. The van der Waals surface area contributed by atoms with Gasteiger partial charge in [-0.05, 0) is 12.1 Å². The summed E-state index contributed by atoms with van der Waals surface area (Å²) in [5.41, 5.74) is 0.791. The summed E-state index contributed by atoms with van der Waals surface area (Å²) in [5, 5.41) is 1.09. The Morgan fingerprint density at radius 1 is 1.33 bits per heavy atom. The first-order valence-corrected chi connectivity index (χ1v) is 5.24. The van der Waals surface area contributed by atoms with Gasteiger partial charge in [0.1, 0.15) is 6.10 Å². The van der Waals surface area contributed by atoms with Crippen molar-refractivity contribution in [2.24, 2.45) is 0 Å². The smallest absolute Gasteiger partial charge is 0.331 e. The number of rotatable bonds is 1. The molecule has 0 amide bonds. The number of halogens is 2. The van der Waals surface area contributed by atoms with Crippen LogP contribution in [0.15, 0.2) is 30.4 Å². The number of ether oxygens (including phenoxy) is 1. The number of cyclic esters (lactones) is 1. The van der Waals surface area contributed by atoms with E-state index in [0.717, 1.165) is 5.56 Å². The predicted molar refractivity (Wildman–Crippen MR) is 59.1 cm³/mol. The van der Waals surface area contributed by atoms with Crippen molar-refractivity contribution in [3.8, 4) is 0 Å². The first kappa shape index (κ1) is 10.5. The zero-order chi connectivity index (χ0) is 10.8. The average molecular weight is 243 g/mol. The van der Waals surface area contributed by atoms with Gasteiger partial charge >= 0.3 is 5.97 Å². The van der Waals surface area contributed by atoms with E-state index >= 15 is 0 Å². The van der Waals surface area contributed by atoms with Gasteiger partial charge in [-0.1, -0.05) is 35.3 Å². The Bertz CT molecular complexity index is 427. The first-order chi connectivity index (χ1) is 7.16. The third kappa shape index (κ3) is 2.33. The van der Waals surface area contributed by atoms with Crippen molar-refractivity contribution in [1.29, 1.82) is 0 Å². The Hall–Kier alpha value is -0.990. The largest absolute Gasteiger partial charge is 0.454 e. The number of benzene rings is 1. The van der Waals surface area contributed by atoms with Crippen LogP contribution >= 0.6 is 23.2 Å². The fourth-order valence-corrected chi connectivity index (χ4v) is 2.00. The summed E-state index contributed by atoms with van der Waals surface area (Å²) in [4.78, 5) is 11.0. The highest BCUT2D eigenvalue weighted by Gasteiger charge is 2.20. The van der Waals surface area contributed by atoms with Crippen LogP contribution in [0.1, 0.15) is 18.1 Å². The minimum Gasteiger partial charge on any atom is -0.454 e. The second kappa shape index (κ2) is 4.25. The molecule has 0 saturated carbocycles. The van der Waals surface area contributed by atoms with Crippen molar-refractivity contribution in [3.63, 3.8) is 0 Å². The Morgan fingerprint density at radius 2 is 2.13 bits per heavy atom. The molecule has 1 aliphatic heterocycles. The zero-order valence-electron chi connectivity index (χ0n) is 7.74. The van der Waals surface area contributed by atoms with Crippen LogP contribution in [0.5, 0.6) is 0 Å². The molecule has 0 spiro atoms. The summed E-state index contributed by atoms with van der Waals surface area (Å²) in [6.07, 6.45) is 3.54. The summed E-state index contributed by atoms with van der Waals surface area (Å²) < 4.78 is 5.14. The fourth-order valence-electron chi connectivity index (χ4n) is 1.47. The maximum atomic E-state index is 11.0. The van der Waals surface area contributed by atoms with Crippen LogP contribution in [0, 0.1) is 0 Å². The molecule has 1 aromatic rings. The minimum atomic E-state index is -0.336. The Balaban J connectivity index is 2.30. The molecule has 0 fully saturated rings. The standard InChI is InChI=1S/C11H8Cl2O2/c12-7-4-5-8(9(13)6-7)10-2-1-3-11(14)15-10/h1,3-6,10H,2H2/t10-/m0/s1. The third-order valence-corrected chi connectivity index (χ3v) is 2.73. The molecule has 4 heteroatoms. The van der Waals surface area contributed by atoms with Crippen molar-refractivity contribution >= 4 is 29.2 Å². The van der Waals surface area contributed by atoms with Gasteiger partial charge in [0.05, 0.1) is 0 Å². The van der Waals surface area contributed by atoms with Crippen LogP contribution in [-0.2, 0) is 9.53 Å². The Morgan fingerprint density at radius 3 is 2.80 bits per heavy atom. The van der Waals surface area contributed by atoms with Gasteiger partial charge in [0.2, 0.25) is 0 Å². The van der Waals surface area contributed by atoms with Crippen LogP contribution in [0.2, 0.25) is 10.0 Å². The van der Waals surface area contributed by atoms with Crippen LogP contribution in [0.4, 0.5) is 0 Å². The maximum Gasteiger partial charge on any atom is 0.331 e. The summed E-state index contributed by atoms with van der Waals surface area (Å²) in [6, 6.07) is 5.15. The van der Waals surface area contributed by atoms with Gasteiger partial charge in [-0.25, -0.2) is 4.79 Å². The number of carbonyl (C=O) groups excluding carboxylic acids is 1. The number of carbonyl (C=O) groups is 1. The molecular formula is C11H8Cl2O2. The van der Waals surface area contributed by atoms with Gasteiger partial charge in [-0.3, -0.25) is 0 Å². The van der Waals surface area contributed by atoms with E-state index < -0.39 is 0 Å². The van der Waals surface area contributed by atoms with E-state index in [0.29, 0.717) is 16.5 Å². The summed E-state index contributed by atoms with van der Waals surface area (Å²) >= 11 is 11.8. The lowest BCUT2D eigenvalue weighted by atomic mass is 10.0. The Kier molecular flexibility index (Phi) is 2.98. The number of hydrogen-bond acceptors (Lipinski definition) is 2. The number of esters is 1. The molecule has 1 aliphatic rings. The lowest BCUT2D eigenvalue weighted by Gasteiger charge is -2.19. The molecule has 1 atom stereocenters. The van der Waals surface area contributed by atoms with E-state index in [9.17, 15) is 4.79 Å². The second-order valence-electron chi connectivity index (χ2n) is 3.23. The van der Waals surface area contributed by atoms with Crippen molar-refractivity contribution in [2.75, 3.05) is 0 Å². The molecule has 0 bridgehead atoms. The van der Waals surface area contributed by atoms with Crippen molar-refractivity contribution in [2.45, 2.75) is 12.5 Å². The van der Waals surface area contributed by atoms with Gasteiger partial charge in [-0.2, -0.15) is 0 Å². The maximum absolute atomic E-state index is 11.0. The highest BCUT2D eigenvalue weighted by Crippen LogP contribution is 2.32. The normalized spacial score (nSPS) is 20.1. The molecule has 0 N–H and O–H groups in total. The third-order valence-electron chi connectivity index (χ3n) is 2.17. The van der Waals surface area contributed by atoms with Crippen LogP contribution < -0.4 is 0 Å². The van der Waals surface area contributed by atoms with Crippen LogP contribution in [0.3, 0.4) is 0 Å². The van der Waals surface area contributed by atoms with Crippen LogP contribution in [0.25, 0.3) is 0 Å². The molecule has 1 aromatic carbocycles. The van der Waals surface area contributed by atoms with Crippen molar-refractivity contribution in [3.05, 3.63) is 46.0 Å². The topological polar surface area (TPSA) is 26.3 Å². The predicted octanol–water partition coefficient (Wildman–Crippen LogP) is 3.54. The SMILES string of the molecule is O=C1C=CC[C@@H](c2ccc(Cl)cc2Cl)O1. The highest BCUT2D eigenvalue weighted by atomic mass is 35.5. The zero-order valence-corrected chi connectivity index (χ0v) is 9.26. The molecule has 2 rings (SSSR count). The Labute approximate surface area is 97.4 Å². The van der Waals surface area contributed by atoms with E-state index in [2.05, 4.69) is 0 Å². The summed E-state index contributed by atoms with van der Waals surface area (Å²) in [6.45, 7) is 0. The lowest BCUT2D eigenvalue weighted by molar-refractivity contribution is -0.144. The van der Waals surface area contributed by atoms with Gasteiger partial charge in [-0.15, -0.1) is 0 Å². The highest BCUT2D eigenvalue weighted by molar-refractivity contribution is 6.35. The van der Waals surface area contributed by atoms with Crippen molar-refractivity contribution in [1.82, 2.24) is 0 Å². The lowest BCUT2D eigenvalue weighted by Crippen LogP contribution is -2.13. The summed E-state index contributed by atoms with van der Waals surface area (Å²) in [5.74, 6) is -0.336. The van der Waals surface area contributed by atoms with E-state index in [1.165, 1.54) is 6.08 Å². The molecule has 0 aliphatic carbocycles. The number of hydrogen-bond donors (Lipinski definition) is 0. The van der Waals surface area contributed by atoms with E-state index in [4.69, 9.17) is 27.9 Å². The van der Waals surface area contributed by atoms with Gasteiger partial charge in [0.25, 0.3) is 0 Å². The monoisotopic (exact) mass is 242 g/mol. The molecule has 0 unspecified atom stereocenters. The summed E-state index contributed by atoms with van der Waals surface area (Å²) in [7, 11) is 0. The molecule has 0 radical (unpaired) electrons. The molecule has 1 heterocycles. The molecule has 15 heavy (non-hydrogen) atoms. The van der Waals surface area contributed by atoms with E-state index in [1.54, 1.807) is 24.3 Å². The first-order valence-electron chi connectivity index (χ1n) is 4.49. The average Bonchev–Trinajstić information content (AvgIpc) is 2.17. The van der Waals surface area contributed by atoms with Gasteiger partial charge in [0, 0.05) is 28.1 Å².